The molecule has 7 heteroatoms. The van der Waals surface area contributed by atoms with E-state index in [9.17, 15) is 4.79 Å². The van der Waals surface area contributed by atoms with Crippen molar-refractivity contribution in [1.29, 1.82) is 0 Å². The average Bonchev–Trinajstić information content (AvgIpc) is 3.31. The van der Waals surface area contributed by atoms with Crippen LogP contribution in [0.15, 0.2) is 17.6 Å². The first-order chi connectivity index (χ1) is 11.7. The van der Waals surface area contributed by atoms with E-state index in [0.717, 1.165) is 42.1 Å². The fourth-order valence-corrected chi connectivity index (χ4v) is 3.25. The second kappa shape index (κ2) is 8.41. The molecule has 0 aromatic carbocycles. The van der Waals surface area contributed by atoms with Gasteiger partial charge in [-0.2, -0.15) is 0 Å². The van der Waals surface area contributed by atoms with E-state index >= 15 is 0 Å². The third-order valence-electron chi connectivity index (χ3n) is 3.92. The number of nitrogens with zero attached hydrogens (tertiary/aromatic N) is 1. The van der Waals surface area contributed by atoms with Crippen molar-refractivity contribution >= 4 is 17.2 Å². The SMILES string of the molecule is Cc1nc(-c2c[nH]c(C(=O)NCCCOC[C@H]3CCCO3)c2)cs1. The summed E-state index contributed by atoms with van der Waals surface area (Å²) in [7, 11) is 0. The molecule has 2 aromatic heterocycles. The van der Waals surface area contributed by atoms with E-state index in [2.05, 4.69) is 15.3 Å². The molecule has 1 saturated heterocycles. The van der Waals surface area contributed by atoms with Gasteiger partial charge in [0.1, 0.15) is 5.69 Å². The highest BCUT2D eigenvalue weighted by Gasteiger charge is 2.15. The quantitative estimate of drug-likeness (QED) is 0.719. The van der Waals surface area contributed by atoms with Crippen LogP contribution >= 0.6 is 11.3 Å². The maximum absolute atomic E-state index is 12.1. The lowest BCUT2D eigenvalue weighted by atomic mass is 10.2. The minimum atomic E-state index is -0.104. The summed E-state index contributed by atoms with van der Waals surface area (Å²) in [6.07, 6.45) is 5.07. The number of thiazole rings is 1. The number of amides is 1. The number of H-pyrrole nitrogens is 1. The van der Waals surface area contributed by atoms with Crippen LogP contribution in [0.2, 0.25) is 0 Å². The third-order valence-corrected chi connectivity index (χ3v) is 4.69. The van der Waals surface area contributed by atoms with E-state index in [1.807, 2.05) is 24.6 Å². The van der Waals surface area contributed by atoms with Crippen molar-refractivity contribution in [2.45, 2.75) is 32.3 Å². The number of aromatic nitrogens is 2. The van der Waals surface area contributed by atoms with Crippen LogP contribution in [-0.4, -0.2) is 48.3 Å². The maximum Gasteiger partial charge on any atom is 0.267 e. The predicted octanol–water partition coefficient (Wildman–Crippen LogP) is 2.76. The molecule has 2 N–H and O–H groups in total. The summed E-state index contributed by atoms with van der Waals surface area (Å²) < 4.78 is 11.1. The molecule has 3 heterocycles. The number of carbonyl (C=O) groups is 1. The Labute approximate surface area is 145 Å². The Bertz CT molecular complexity index is 662. The molecule has 0 bridgehead atoms. The van der Waals surface area contributed by atoms with E-state index in [4.69, 9.17) is 9.47 Å². The minimum absolute atomic E-state index is 0.104. The van der Waals surface area contributed by atoms with Gasteiger partial charge in [0.15, 0.2) is 0 Å². The van der Waals surface area contributed by atoms with Gasteiger partial charge >= 0.3 is 0 Å². The van der Waals surface area contributed by atoms with Gasteiger partial charge in [-0.1, -0.05) is 0 Å². The van der Waals surface area contributed by atoms with Crippen molar-refractivity contribution in [2.75, 3.05) is 26.4 Å². The van der Waals surface area contributed by atoms with Gasteiger partial charge in [0.05, 0.1) is 23.4 Å². The van der Waals surface area contributed by atoms with E-state index in [1.54, 1.807) is 11.3 Å². The van der Waals surface area contributed by atoms with Gasteiger partial charge in [0.25, 0.3) is 5.91 Å². The van der Waals surface area contributed by atoms with Crippen LogP contribution < -0.4 is 5.32 Å². The van der Waals surface area contributed by atoms with Crippen LogP contribution in [0.5, 0.6) is 0 Å². The van der Waals surface area contributed by atoms with Gasteiger partial charge in [0.2, 0.25) is 0 Å². The molecule has 2 aromatic rings. The largest absolute Gasteiger partial charge is 0.379 e. The summed E-state index contributed by atoms with van der Waals surface area (Å²) in [6.45, 7) is 4.70. The molecular formula is C17H23N3O3S. The Balaban J connectivity index is 1.35. The molecule has 1 aliphatic rings. The minimum Gasteiger partial charge on any atom is -0.379 e. The topological polar surface area (TPSA) is 76.2 Å². The average molecular weight is 349 g/mol. The molecule has 0 unspecified atom stereocenters. The monoisotopic (exact) mass is 349 g/mol. The first-order valence-electron chi connectivity index (χ1n) is 8.31. The van der Waals surface area contributed by atoms with Crippen molar-refractivity contribution in [3.8, 4) is 11.3 Å². The molecular weight excluding hydrogens is 326 g/mol. The molecule has 0 aliphatic carbocycles. The maximum atomic E-state index is 12.1. The third kappa shape index (κ3) is 4.66. The Kier molecular flexibility index (Phi) is 6.01. The zero-order chi connectivity index (χ0) is 16.8. The Morgan fingerprint density at radius 2 is 2.50 bits per heavy atom. The lowest BCUT2D eigenvalue weighted by Crippen LogP contribution is -2.26. The summed E-state index contributed by atoms with van der Waals surface area (Å²) in [5, 5.41) is 5.90. The number of nitrogens with one attached hydrogen (secondary N) is 2. The Hall–Kier alpha value is -1.70. The van der Waals surface area contributed by atoms with Gasteiger partial charge in [-0.05, 0) is 32.3 Å². The number of ether oxygens (including phenoxy) is 2. The number of aromatic amines is 1. The highest BCUT2D eigenvalue weighted by Crippen LogP contribution is 2.22. The van der Waals surface area contributed by atoms with Gasteiger partial charge < -0.3 is 19.8 Å². The fourth-order valence-electron chi connectivity index (χ4n) is 2.63. The standard InChI is InChI=1S/C17H23N3O3S/c1-12-20-16(11-24-12)13-8-15(19-9-13)17(21)18-5-3-6-22-10-14-4-2-7-23-14/h8-9,11,14,19H,2-7,10H2,1H3,(H,18,21)/t14-/m1/s1. The van der Waals surface area contributed by atoms with Crippen LogP contribution in [0.3, 0.4) is 0 Å². The normalized spacial score (nSPS) is 17.3. The smallest absolute Gasteiger partial charge is 0.267 e. The van der Waals surface area contributed by atoms with Crippen LogP contribution in [-0.2, 0) is 9.47 Å². The van der Waals surface area contributed by atoms with E-state index < -0.39 is 0 Å². The summed E-state index contributed by atoms with van der Waals surface area (Å²) in [5.41, 5.74) is 2.38. The summed E-state index contributed by atoms with van der Waals surface area (Å²) >= 11 is 1.60. The first kappa shape index (κ1) is 17.1. The molecule has 1 aliphatic heterocycles. The molecule has 0 spiro atoms. The predicted molar refractivity (Wildman–Crippen MR) is 93.4 cm³/mol. The molecule has 3 rings (SSSR count). The molecule has 0 saturated carbocycles. The van der Waals surface area contributed by atoms with Gasteiger partial charge in [-0.15, -0.1) is 11.3 Å². The van der Waals surface area contributed by atoms with E-state index in [0.29, 0.717) is 25.5 Å². The van der Waals surface area contributed by atoms with Crippen molar-refractivity contribution in [3.63, 3.8) is 0 Å². The number of hydrogen-bond acceptors (Lipinski definition) is 5. The number of carbonyl (C=O) groups excluding carboxylic acids is 1. The van der Waals surface area contributed by atoms with E-state index in [1.165, 1.54) is 0 Å². The van der Waals surface area contributed by atoms with Crippen LogP contribution in [0.4, 0.5) is 0 Å². The highest BCUT2D eigenvalue weighted by molar-refractivity contribution is 7.09. The van der Waals surface area contributed by atoms with Crippen molar-refractivity contribution in [3.05, 3.63) is 28.3 Å². The van der Waals surface area contributed by atoms with Gasteiger partial charge in [-0.25, -0.2) is 4.98 Å². The van der Waals surface area contributed by atoms with Gasteiger partial charge in [0, 0.05) is 36.9 Å². The second-order valence-corrected chi connectivity index (χ2v) is 6.94. The van der Waals surface area contributed by atoms with Crippen LogP contribution in [0, 0.1) is 6.92 Å². The number of rotatable bonds is 8. The summed E-state index contributed by atoms with van der Waals surface area (Å²) in [4.78, 5) is 19.5. The second-order valence-electron chi connectivity index (χ2n) is 5.87. The summed E-state index contributed by atoms with van der Waals surface area (Å²) in [6, 6.07) is 1.83. The van der Waals surface area contributed by atoms with Crippen molar-refractivity contribution < 1.29 is 14.3 Å². The van der Waals surface area contributed by atoms with Crippen molar-refractivity contribution in [2.24, 2.45) is 0 Å². The lowest BCUT2D eigenvalue weighted by molar-refractivity contribution is 0.0166. The number of aryl methyl sites for hydroxylation is 1. The molecule has 1 fully saturated rings. The van der Waals surface area contributed by atoms with Crippen LogP contribution in [0.1, 0.15) is 34.8 Å². The van der Waals surface area contributed by atoms with Crippen molar-refractivity contribution in [1.82, 2.24) is 15.3 Å². The Morgan fingerprint density at radius 3 is 3.25 bits per heavy atom. The Morgan fingerprint density at radius 1 is 1.58 bits per heavy atom. The molecule has 1 amide bonds. The first-order valence-corrected chi connectivity index (χ1v) is 9.19. The zero-order valence-electron chi connectivity index (χ0n) is 13.8. The number of hydrogen-bond donors (Lipinski definition) is 2. The molecule has 0 radical (unpaired) electrons. The van der Waals surface area contributed by atoms with Gasteiger partial charge in [-0.3, -0.25) is 4.79 Å². The molecule has 130 valence electrons. The van der Waals surface area contributed by atoms with E-state index in [-0.39, 0.29) is 12.0 Å². The zero-order valence-corrected chi connectivity index (χ0v) is 14.7. The molecule has 6 nitrogen and oxygen atoms in total. The highest BCUT2D eigenvalue weighted by atomic mass is 32.1. The lowest BCUT2D eigenvalue weighted by Gasteiger charge is -2.10. The molecule has 1 atom stereocenters. The summed E-state index contributed by atoms with van der Waals surface area (Å²) in [5.74, 6) is -0.104. The fraction of sp³-hybridized carbons (Fsp3) is 0.529. The van der Waals surface area contributed by atoms with Crippen LogP contribution in [0.25, 0.3) is 11.3 Å². The molecule has 24 heavy (non-hydrogen) atoms.